The molecule has 0 heterocycles. The second-order valence-corrected chi connectivity index (χ2v) is 5.34. The molecule has 0 saturated heterocycles. The van der Waals surface area contributed by atoms with Crippen molar-refractivity contribution >= 4 is 27.5 Å². The van der Waals surface area contributed by atoms with E-state index in [1.54, 1.807) is 0 Å². The monoisotopic (exact) mass is 299 g/mol. The molecule has 0 aliphatic rings. The Bertz CT molecular complexity index is 418. The van der Waals surface area contributed by atoms with Gasteiger partial charge in [0.2, 0.25) is 0 Å². The molecule has 0 fully saturated rings. The lowest BCUT2D eigenvalue weighted by Gasteiger charge is -2.24. The summed E-state index contributed by atoms with van der Waals surface area (Å²) in [5.74, 6) is 0.667. The Morgan fingerprint density at radius 1 is 1.53 bits per heavy atom. The molecule has 0 spiro atoms. The summed E-state index contributed by atoms with van der Waals surface area (Å²) in [6, 6.07) is 5.75. The second-order valence-electron chi connectivity index (χ2n) is 4.42. The molecule has 0 radical (unpaired) electrons. The van der Waals surface area contributed by atoms with Gasteiger partial charge < -0.3 is 15.8 Å². The van der Waals surface area contributed by atoms with E-state index >= 15 is 0 Å². The van der Waals surface area contributed by atoms with E-state index in [1.807, 2.05) is 25.2 Å². The summed E-state index contributed by atoms with van der Waals surface area (Å²) >= 11 is 3.38. The maximum atomic E-state index is 8.80. The van der Waals surface area contributed by atoms with Crippen molar-refractivity contribution in [2.45, 2.75) is 13.8 Å². The van der Waals surface area contributed by atoms with E-state index in [1.165, 1.54) is 0 Å². The molecule has 1 rings (SSSR count). The zero-order chi connectivity index (χ0) is 13.0. The van der Waals surface area contributed by atoms with Crippen molar-refractivity contribution in [1.82, 2.24) is 0 Å². The first-order chi connectivity index (χ1) is 7.95. The molecule has 0 atom stereocenters. The van der Waals surface area contributed by atoms with Crippen LogP contribution in [0, 0.1) is 5.92 Å². The van der Waals surface area contributed by atoms with E-state index in [0.29, 0.717) is 5.92 Å². The van der Waals surface area contributed by atoms with E-state index < -0.39 is 0 Å². The van der Waals surface area contributed by atoms with Gasteiger partial charge in [-0.3, -0.25) is 0 Å². The van der Waals surface area contributed by atoms with Gasteiger partial charge in [-0.05, 0) is 24.1 Å². The SMILES string of the molecule is CC(C)CN(C)c1ccc(Br)cc1/C(N)=N/O. The van der Waals surface area contributed by atoms with Gasteiger partial charge in [-0.15, -0.1) is 0 Å². The number of halogens is 1. The molecule has 0 unspecified atom stereocenters. The van der Waals surface area contributed by atoms with Gasteiger partial charge >= 0.3 is 0 Å². The smallest absolute Gasteiger partial charge is 0.172 e. The lowest BCUT2D eigenvalue weighted by Crippen LogP contribution is -2.26. The molecule has 0 aromatic heterocycles. The Kier molecular flexibility index (Phi) is 4.81. The van der Waals surface area contributed by atoms with Crippen LogP contribution < -0.4 is 10.6 Å². The number of nitrogens with zero attached hydrogens (tertiary/aromatic N) is 2. The standard InChI is InChI=1S/C12H18BrN3O/c1-8(2)7-16(3)11-5-4-9(13)6-10(11)12(14)15-17/h4-6,8,17H,7H2,1-3H3,(H2,14,15). The van der Waals surface area contributed by atoms with E-state index in [0.717, 1.165) is 22.3 Å². The maximum absolute atomic E-state index is 8.80. The van der Waals surface area contributed by atoms with Gasteiger partial charge in [0.15, 0.2) is 5.84 Å². The highest BCUT2D eigenvalue weighted by Gasteiger charge is 2.12. The third kappa shape index (κ3) is 3.63. The Labute approximate surface area is 110 Å². The van der Waals surface area contributed by atoms with Crippen LogP contribution in [0.1, 0.15) is 19.4 Å². The van der Waals surface area contributed by atoms with Crippen molar-refractivity contribution in [2.75, 3.05) is 18.5 Å². The number of anilines is 1. The minimum absolute atomic E-state index is 0.122. The van der Waals surface area contributed by atoms with Crippen LogP contribution in [0.4, 0.5) is 5.69 Å². The molecule has 0 bridgehead atoms. The molecule has 4 nitrogen and oxygen atoms in total. The van der Waals surface area contributed by atoms with Crippen molar-refractivity contribution in [3.63, 3.8) is 0 Å². The zero-order valence-electron chi connectivity index (χ0n) is 10.3. The molecule has 1 aromatic rings. The Hall–Kier alpha value is -1.23. The van der Waals surface area contributed by atoms with Gasteiger partial charge in [-0.2, -0.15) is 0 Å². The fraction of sp³-hybridized carbons (Fsp3) is 0.417. The van der Waals surface area contributed by atoms with Crippen molar-refractivity contribution < 1.29 is 5.21 Å². The van der Waals surface area contributed by atoms with Crippen molar-refractivity contribution in [1.29, 1.82) is 0 Å². The number of rotatable bonds is 4. The minimum Gasteiger partial charge on any atom is -0.409 e. The summed E-state index contributed by atoms with van der Waals surface area (Å²) in [7, 11) is 2.00. The normalized spacial score (nSPS) is 11.9. The fourth-order valence-electron chi connectivity index (χ4n) is 1.75. The topological polar surface area (TPSA) is 61.8 Å². The van der Waals surface area contributed by atoms with Crippen LogP contribution in [0.5, 0.6) is 0 Å². The van der Waals surface area contributed by atoms with Gasteiger partial charge in [0, 0.05) is 29.3 Å². The number of nitrogens with two attached hydrogens (primary N) is 1. The van der Waals surface area contributed by atoms with E-state index in [9.17, 15) is 0 Å². The molecule has 17 heavy (non-hydrogen) atoms. The molecule has 1 aromatic carbocycles. The van der Waals surface area contributed by atoms with Gasteiger partial charge in [0.1, 0.15) is 0 Å². The van der Waals surface area contributed by atoms with E-state index in [-0.39, 0.29) is 5.84 Å². The second kappa shape index (κ2) is 5.91. The Morgan fingerprint density at radius 2 is 2.18 bits per heavy atom. The maximum Gasteiger partial charge on any atom is 0.172 e. The van der Waals surface area contributed by atoms with Crippen LogP contribution in [-0.4, -0.2) is 24.6 Å². The highest BCUT2D eigenvalue weighted by Crippen LogP contribution is 2.24. The average Bonchev–Trinajstić information content (AvgIpc) is 2.26. The fourth-order valence-corrected chi connectivity index (χ4v) is 2.11. The van der Waals surface area contributed by atoms with Crippen LogP contribution >= 0.6 is 15.9 Å². The number of hydrogen-bond acceptors (Lipinski definition) is 3. The molecular weight excluding hydrogens is 282 g/mol. The first-order valence-electron chi connectivity index (χ1n) is 5.44. The van der Waals surface area contributed by atoms with Crippen LogP contribution in [0.2, 0.25) is 0 Å². The van der Waals surface area contributed by atoms with Gasteiger partial charge in [-0.25, -0.2) is 0 Å². The van der Waals surface area contributed by atoms with Crippen molar-refractivity contribution in [3.8, 4) is 0 Å². The largest absolute Gasteiger partial charge is 0.409 e. The van der Waals surface area contributed by atoms with Crippen molar-refractivity contribution in [2.24, 2.45) is 16.8 Å². The molecule has 0 amide bonds. The lowest BCUT2D eigenvalue weighted by molar-refractivity contribution is 0.318. The quantitative estimate of drug-likeness (QED) is 0.389. The summed E-state index contributed by atoms with van der Waals surface area (Å²) < 4.78 is 0.904. The molecule has 5 heteroatoms. The average molecular weight is 300 g/mol. The Balaban J connectivity index is 3.14. The summed E-state index contributed by atoms with van der Waals surface area (Å²) in [6.45, 7) is 5.21. The number of benzene rings is 1. The summed E-state index contributed by atoms with van der Waals surface area (Å²) in [5.41, 5.74) is 7.37. The first kappa shape index (κ1) is 13.8. The van der Waals surface area contributed by atoms with Gasteiger partial charge in [0.05, 0.1) is 0 Å². The summed E-state index contributed by atoms with van der Waals surface area (Å²) in [4.78, 5) is 2.10. The highest BCUT2D eigenvalue weighted by atomic mass is 79.9. The van der Waals surface area contributed by atoms with Crippen LogP contribution in [0.25, 0.3) is 0 Å². The molecule has 94 valence electrons. The first-order valence-corrected chi connectivity index (χ1v) is 6.23. The number of hydrogen-bond donors (Lipinski definition) is 2. The van der Waals surface area contributed by atoms with Crippen LogP contribution in [0.15, 0.2) is 27.8 Å². The van der Waals surface area contributed by atoms with Crippen LogP contribution in [0.3, 0.4) is 0 Å². The molecule has 0 saturated carbocycles. The minimum atomic E-state index is 0.122. The van der Waals surface area contributed by atoms with Crippen LogP contribution in [-0.2, 0) is 0 Å². The number of amidine groups is 1. The van der Waals surface area contributed by atoms with Gasteiger partial charge in [0.25, 0.3) is 0 Å². The molecule has 0 aliphatic carbocycles. The van der Waals surface area contributed by atoms with Crippen molar-refractivity contribution in [3.05, 3.63) is 28.2 Å². The number of oxime groups is 1. The third-order valence-corrected chi connectivity index (χ3v) is 2.89. The molecular formula is C12H18BrN3O. The summed E-state index contributed by atoms with van der Waals surface area (Å²) in [6.07, 6.45) is 0. The predicted octanol–water partition coefficient (Wildman–Crippen LogP) is 2.64. The summed E-state index contributed by atoms with van der Waals surface area (Å²) in [5, 5.41) is 11.9. The molecule has 3 N–H and O–H groups in total. The van der Waals surface area contributed by atoms with E-state index in [4.69, 9.17) is 10.9 Å². The predicted molar refractivity (Wildman–Crippen MR) is 74.8 cm³/mol. The Morgan fingerprint density at radius 3 is 2.71 bits per heavy atom. The zero-order valence-corrected chi connectivity index (χ0v) is 11.9. The highest BCUT2D eigenvalue weighted by molar-refractivity contribution is 9.10. The lowest BCUT2D eigenvalue weighted by atomic mass is 10.1. The van der Waals surface area contributed by atoms with Gasteiger partial charge in [-0.1, -0.05) is 34.9 Å². The third-order valence-electron chi connectivity index (χ3n) is 2.39. The molecule has 0 aliphatic heterocycles. The van der Waals surface area contributed by atoms with E-state index in [2.05, 4.69) is 39.8 Å².